The molecule has 0 saturated heterocycles. The predicted octanol–water partition coefficient (Wildman–Crippen LogP) is 0.745. The predicted molar refractivity (Wildman–Crippen MR) is 36.9 cm³/mol. The summed E-state index contributed by atoms with van der Waals surface area (Å²) in [6.45, 7) is 0. The standard InChI is InChI=1S/C6H11O2S/c7-9(8)6-4-2-1-3-5-6/h1,6,9H,2-5H2. The van der Waals surface area contributed by atoms with Crippen LogP contribution in [0.25, 0.3) is 0 Å². The van der Waals surface area contributed by atoms with E-state index in [4.69, 9.17) is 0 Å². The quantitative estimate of drug-likeness (QED) is 0.555. The highest BCUT2D eigenvalue weighted by atomic mass is 32.2. The van der Waals surface area contributed by atoms with Crippen LogP contribution in [0.15, 0.2) is 0 Å². The maximum atomic E-state index is 10.4. The van der Waals surface area contributed by atoms with E-state index in [9.17, 15) is 8.42 Å². The summed E-state index contributed by atoms with van der Waals surface area (Å²) in [5.41, 5.74) is 0. The topological polar surface area (TPSA) is 34.1 Å². The van der Waals surface area contributed by atoms with Crippen molar-refractivity contribution in [2.75, 3.05) is 0 Å². The van der Waals surface area contributed by atoms with E-state index in [1.807, 2.05) is 0 Å². The third kappa shape index (κ3) is 1.97. The summed E-state index contributed by atoms with van der Waals surface area (Å²) in [5.74, 6) is 0. The van der Waals surface area contributed by atoms with Crippen molar-refractivity contribution in [3.05, 3.63) is 6.42 Å². The fourth-order valence-corrected chi connectivity index (χ4v) is 1.84. The minimum absolute atomic E-state index is 0.0231. The van der Waals surface area contributed by atoms with Gasteiger partial charge in [0.1, 0.15) is 10.7 Å². The smallest absolute Gasteiger partial charge is 0.143 e. The second kappa shape index (κ2) is 3.20. The van der Waals surface area contributed by atoms with Gasteiger partial charge in [0.25, 0.3) is 0 Å². The van der Waals surface area contributed by atoms with Crippen LogP contribution in [0.4, 0.5) is 0 Å². The van der Waals surface area contributed by atoms with Crippen molar-refractivity contribution in [1.82, 2.24) is 0 Å². The molecule has 1 saturated carbocycles. The minimum Gasteiger partial charge on any atom is -0.232 e. The summed E-state index contributed by atoms with van der Waals surface area (Å²) in [5, 5.41) is -0.0231. The zero-order valence-corrected chi connectivity index (χ0v) is 6.14. The number of rotatable bonds is 1. The van der Waals surface area contributed by atoms with Gasteiger partial charge in [-0.15, -0.1) is 0 Å². The van der Waals surface area contributed by atoms with Crippen LogP contribution < -0.4 is 0 Å². The van der Waals surface area contributed by atoms with E-state index in [-0.39, 0.29) is 5.25 Å². The summed E-state index contributed by atoms with van der Waals surface area (Å²) in [6, 6.07) is 0. The van der Waals surface area contributed by atoms with Crippen molar-refractivity contribution in [1.29, 1.82) is 0 Å². The van der Waals surface area contributed by atoms with Crippen LogP contribution in [0.2, 0.25) is 0 Å². The molecule has 9 heavy (non-hydrogen) atoms. The molecule has 2 nitrogen and oxygen atoms in total. The van der Waals surface area contributed by atoms with Crippen molar-refractivity contribution in [3.8, 4) is 0 Å². The first-order chi connectivity index (χ1) is 4.30. The van der Waals surface area contributed by atoms with E-state index in [2.05, 4.69) is 6.42 Å². The van der Waals surface area contributed by atoms with Crippen LogP contribution in [0.5, 0.6) is 0 Å². The van der Waals surface area contributed by atoms with E-state index in [0.717, 1.165) is 25.7 Å². The van der Waals surface area contributed by atoms with Gasteiger partial charge in [-0.25, -0.2) is 8.42 Å². The first-order valence-corrected chi connectivity index (χ1v) is 4.50. The van der Waals surface area contributed by atoms with Crippen molar-refractivity contribution in [2.45, 2.75) is 30.9 Å². The van der Waals surface area contributed by atoms with Crippen LogP contribution in [0.3, 0.4) is 0 Å². The maximum absolute atomic E-state index is 10.4. The Morgan fingerprint density at radius 2 is 1.78 bits per heavy atom. The monoisotopic (exact) mass is 147 g/mol. The largest absolute Gasteiger partial charge is 0.232 e. The van der Waals surface area contributed by atoms with Crippen LogP contribution in [-0.4, -0.2) is 13.7 Å². The third-order valence-corrected chi connectivity index (χ3v) is 2.82. The normalized spacial score (nSPS) is 22.8. The number of thiol groups is 1. The molecular formula is C6H11O2S. The van der Waals surface area contributed by atoms with E-state index in [1.165, 1.54) is 0 Å². The van der Waals surface area contributed by atoms with Crippen molar-refractivity contribution in [2.24, 2.45) is 0 Å². The van der Waals surface area contributed by atoms with Gasteiger partial charge in [-0.3, -0.25) is 0 Å². The Hall–Kier alpha value is -0.0500. The van der Waals surface area contributed by atoms with Crippen LogP contribution in [-0.2, 0) is 10.7 Å². The van der Waals surface area contributed by atoms with E-state index in [0.29, 0.717) is 0 Å². The molecule has 53 valence electrons. The molecule has 0 atom stereocenters. The van der Waals surface area contributed by atoms with Crippen molar-refractivity contribution in [3.63, 3.8) is 0 Å². The fraction of sp³-hybridized carbons (Fsp3) is 0.833. The molecule has 1 aliphatic carbocycles. The van der Waals surface area contributed by atoms with Crippen molar-refractivity contribution >= 4 is 10.7 Å². The Labute approximate surface area is 57.2 Å². The Morgan fingerprint density at radius 1 is 1.22 bits per heavy atom. The molecule has 0 aromatic carbocycles. The van der Waals surface area contributed by atoms with E-state index < -0.39 is 10.7 Å². The van der Waals surface area contributed by atoms with Gasteiger partial charge in [0.2, 0.25) is 0 Å². The molecule has 1 fully saturated rings. The molecule has 1 aliphatic rings. The Morgan fingerprint density at radius 3 is 2.11 bits per heavy atom. The lowest BCUT2D eigenvalue weighted by atomic mass is 10.0. The van der Waals surface area contributed by atoms with Crippen LogP contribution in [0, 0.1) is 6.42 Å². The van der Waals surface area contributed by atoms with Gasteiger partial charge >= 0.3 is 0 Å². The minimum atomic E-state index is -2.14. The molecule has 0 heterocycles. The molecular weight excluding hydrogens is 136 g/mol. The SMILES string of the molecule is O=[SH](=O)C1CC[CH]CC1. The molecule has 1 rings (SSSR count). The molecule has 0 amide bonds. The second-order valence-electron chi connectivity index (χ2n) is 2.38. The Kier molecular flexibility index (Phi) is 2.51. The Bertz CT molecular complexity index is 137. The lowest BCUT2D eigenvalue weighted by molar-refractivity contribution is 0.550. The van der Waals surface area contributed by atoms with Gasteiger partial charge in [-0.05, 0) is 32.1 Å². The second-order valence-corrected chi connectivity index (χ2v) is 3.68. The summed E-state index contributed by atoms with van der Waals surface area (Å²) in [7, 11) is -2.14. The molecule has 0 spiro atoms. The first-order valence-electron chi connectivity index (χ1n) is 3.26. The molecule has 0 aromatic heterocycles. The van der Waals surface area contributed by atoms with Crippen LogP contribution >= 0.6 is 0 Å². The summed E-state index contributed by atoms with van der Waals surface area (Å²) < 4.78 is 20.8. The zero-order valence-electron chi connectivity index (χ0n) is 5.25. The molecule has 3 heteroatoms. The summed E-state index contributed by atoms with van der Waals surface area (Å²) in [6.07, 6.45) is 5.81. The van der Waals surface area contributed by atoms with Gasteiger partial charge in [0.15, 0.2) is 0 Å². The third-order valence-electron chi connectivity index (χ3n) is 1.71. The molecule has 0 aliphatic heterocycles. The molecule has 0 N–H and O–H groups in total. The maximum Gasteiger partial charge on any atom is 0.143 e. The highest BCUT2D eigenvalue weighted by Gasteiger charge is 2.14. The lowest BCUT2D eigenvalue weighted by Crippen LogP contribution is -2.13. The van der Waals surface area contributed by atoms with Crippen molar-refractivity contribution < 1.29 is 8.42 Å². The van der Waals surface area contributed by atoms with E-state index in [1.54, 1.807) is 0 Å². The average Bonchev–Trinajstić information content (AvgIpc) is 1.90. The van der Waals surface area contributed by atoms with Gasteiger partial charge < -0.3 is 0 Å². The zero-order chi connectivity index (χ0) is 6.69. The average molecular weight is 147 g/mol. The Balaban J connectivity index is 2.40. The van der Waals surface area contributed by atoms with Gasteiger partial charge in [0.05, 0.1) is 5.25 Å². The summed E-state index contributed by atoms with van der Waals surface area (Å²) in [4.78, 5) is 0. The molecule has 0 bridgehead atoms. The number of hydrogen-bond donors (Lipinski definition) is 1. The molecule has 0 aromatic rings. The van der Waals surface area contributed by atoms with Crippen LogP contribution in [0.1, 0.15) is 25.7 Å². The molecule has 0 unspecified atom stereocenters. The fourth-order valence-electron chi connectivity index (χ4n) is 1.12. The first kappa shape index (κ1) is 7.06. The highest BCUT2D eigenvalue weighted by molar-refractivity contribution is 7.73. The van der Waals surface area contributed by atoms with Gasteiger partial charge in [-0.2, -0.15) is 0 Å². The highest BCUT2D eigenvalue weighted by Crippen LogP contribution is 2.18. The molecule has 1 radical (unpaired) electrons. The van der Waals surface area contributed by atoms with E-state index >= 15 is 0 Å². The van der Waals surface area contributed by atoms with Gasteiger partial charge in [0, 0.05) is 0 Å². The number of hydrogen-bond acceptors (Lipinski definition) is 2. The summed E-state index contributed by atoms with van der Waals surface area (Å²) >= 11 is 0. The lowest BCUT2D eigenvalue weighted by Gasteiger charge is -2.14. The van der Waals surface area contributed by atoms with Gasteiger partial charge in [-0.1, -0.05) is 0 Å².